The number of hydrogen-bond donors (Lipinski definition) is 0. The standard InChI is InChI=1S/C8H10F2O4/c1-3-14-4-5(8(12)13-2)6(11)7(9)10/h4,7H,3H2,1-2H3/b5-4+. The van der Waals surface area contributed by atoms with Crippen molar-refractivity contribution in [2.75, 3.05) is 13.7 Å². The number of ether oxygens (including phenoxy) is 2. The second-order valence-electron chi connectivity index (χ2n) is 2.14. The smallest absolute Gasteiger partial charge is 0.344 e. The van der Waals surface area contributed by atoms with Gasteiger partial charge >= 0.3 is 12.4 Å². The third-order valence-electron chi connectivity index (χ3n) is 1.24. The molecule has 0 N–H and O–H groups in total. The third kappa shape index (κ3) is 3.51. The summed E-state index contributed by atoms with van der Waals surface area (Å²) in [6, 6.07) is 0. The molecular weight excluding hydrogens is 198 g/mol. The van der Waals surface area contributed by atoms with E-state index in [9.17, 15) is 18.4 Å². The highest BCUT2D eigenvalue weighted by Crippen LogP contribution is 2.07. The first kappa shape index (κ1) is 12.5. The van der Waals surface area contributed by atoms with Crippen molar-refractivity contribution in [2.24, 2.45) is 0 Å². The van der Waals surface area contributed by atoms with Crippen LogP contribution in [0.15, 0.2) is 11.8 Å². The van der Waals surface area contributed by atoms with E-state index < -0.39 is 23.8 Å². The quantitative estimate of drug-likeness (QED) is 0.221. The Morgan fingerprint density at radius 3 is 2.36 bits per heavy atom. The number of halogens is 2. The molecule has 0 unspecified atom stereocenters. The lowest BCUT2D eigenvalue weighted by atomic mass is 10.2. The van der Waals surface area contributed by atoms with E-state index in [1.807, 2.05) is 0 Å². The van der Waals surface area contributed by atoms with Gasteiger partial charge in [-0.05, 0) is 6.92 Å². The first-order chi connectivity index (χ1) is 6.54. The Kier molecular flexibility index (Phi) is 5.43. The number of hydrogen-bond acceptors (Lipinski definition) is 4. The number of methoxy groups -OCH3 is 1. The molecule has 0 aliphatic heterocycles. The lowest BCUT2D eigenvalue weighted by Crippen LogP contribution is -2.21. The summed E-state index contributed by atoms with van der Waals surface area (Å²) in [5, 5.41) is 0. The van der Waals surface area contributed by atoms with E-state index in [2.05, 4.69) is 9.47 Å². The van der Waals surface area contributed by atoms with Gasteiger partial charge in [0.05, 0.1) is 13.7 Å². The van der Waals surface area contributed by atoms with Crippen molar-refractivity contribution in [1.82, 2.24) is 0 Å². The number of alkyl halides is 2. The van der Waals surface area contributed by atoms with Gasteiger partial charge in [0.25, 0.3) is 0 Å². The molecule has 0 atom stereocenters. The van der Waals surface area contributed by atoms with E-state index in [1.54, 1.807) is 6.92 Å². The summed E-state index contributed by atoms with van der Waals surface area (Å²) in [4.78, 5) is 21.6. The average Bonchev–Trinajstić information content (AvgIpc) is 2.17. The summed E-state index contributed by atoms with van der Waals surface area (Å²) in [6.45, 7) is 1.75. The van der Waals surface area contributed by atoms with Gasteiger partial charge in [0.2, 0.25) is 5.78 Å². The van der Waals surface area contributed by atoms with Crippen LogP contribution in [0, 0.1) is 0 Å². The van der Waals surface area contributed by atoms with Crippen LogP contribution in [0.5, 0.6) is 0 Å². The number of carbonyl (C=O) groups excluding carboxylic acids is 2. The molecule has 4 nitrogen and oxygen atoms in total. The fourth-order valence-corrected chi connectivity index (χ4v) is 0.601. The number of esters is 1. The Labute approximate surface area is 79.5 Å². The average molecular weight is 208 g/mol. The Morgan fingerprint density at radius 2 is 2.00 bits per heavy atom. The lowest BCUT2D eigenvalue weighted by Gasteiger charge is -2.03. The van der Waals surface area contributed by atoms with Crippen molar-refractivity contribution in [2.45, 2.75) is 13.3 Å². The van der Waals surface area contributed by atoms with Gasteiger partial charge in [-0.15, -0.1) is 0 Å². The topological polar surface area (TPSA) is 52.6 Å². The Bertz CT molecular complexity index is 248. The maximum atomic E-state index is 11.9. The molecule has 0 saturated heterocycles. The van der Waals surface area contributed by atoms with Gasteiger partial charge in [0, 0.05) is 0 Å². The van der Waals surface area contributed by atoms with Crippen molar-refractivity contribution in [3.05, 3.63) is 11.8 Å². The zero-order chi connectivity index (χ0) is 11.1. The van der Waals surface area contributed by atoms with Crippen LogP contribution in [0.4, 0.5) is 8.78 Å². The van der Waals surface area contributed by atoms with Crippen LogP contribution < -0.4 is 0 Å². The number of rotatable bonds is 5. The van der Waals surface area contributed by atoms with Crippen molar-refractivity contribution in [1.29, 1.82) is 0 Å². The summed E-state index contributed by atoms with van der Waals surface area (Å²) in [5.74, 6) is -2.74. The molecule has 0 fully saturated rings. The summed E-state index contributed by atoms with van der Waals surface area (Å²) in [5.41, 5.74) is -0.788. The fourth-order valence-electron chi connectivity index (χ4n) is 0.601. The van der Waals surface area contributed by atoms with Gasteiger partial charge < -0.3 is 9.47 Å². The molecule has 0 saturated carbocycles. The maximum absolute atomic E-state index is 11.9. The van der Waals surface area contributed by atoms with Gasteiger partial charge in [-0.1, -0.05) is 0 Å². The zero-order valence-electron chi connectivity index (χ0n) is 7.75. The minimum absolute atomic E-state index is 0.164. The third-order valence-corrected chi connectivity index (χ3v) is 1.24. The van der Waals surface area contributed by atoms with Crippen LogP contribution in [0.25, 0.3) is 0 Å². The van der Waals surface area contributed by atoms with Crippen molar-refractivity contribution in [3.8, 4) is 0 Å². The van der Waals surface area contributed by atoms with Gasteiger partial charge in [-0.2, -0.15) is 0 Å². The van der Waals surface area contributed by atoms with Crippen molar-refractivity contribution >= 4 is 11.8 Å². The number of carbonyl (C=O) groups is 2. The molecular formula is C8H10F2O4. The summed E-state index contributed by atoms with van der Waals surface area (Å²) < 4.78 is 32.6. The van der Waals surface area contributed by atoms with Crippen LogP contribution in [-0.4, -0.2) is 31.9 Å². The molecule has 0 spiro atoms. The molecule has 0 amide bonds. The molecule has 0 aliphatic carbocycles. The highest BCUT2D eigenvalue weighted by Gasteiger charge is 2.27. The highest BCUT2D eigenvalue weighted by molar-refractivity contribution is 6.18. The van der Waals surface area contributed by atoms with Crippen LogP contribution in [0.1, 0.15) is 6.92 Å². The van der Waals surface area contributed by atoms with Gasteiger partial charge in [0.15, 0.2) is 0 Å². The molecule has 80 valence electrons. The second-order valence-corrected chi connectivity index (χ2v) is 2.14. The molecule has 0 bridgehead atoms. The molecule has 0 aromatic heterocycles. The first-order valence-corrected chi connectivity index (χ1v) is 3.77. The fraction of sp³-hybridized carbons (Fsp3) is 0.500. The van der Waals surface area contributed by atoms with Crippen molar-refractivity contribution in [3.63, 3.8) is 0 Å². The van der Waals surface area contributed by atoms with E-state index in [-0.39, 0.29) is 6.61 Å². The van der Waals surface area contributed by atoms with E-state index in [1.165, 1.54) is 0 Å². The molecule has 0 rings (SSSR count). The predicted molar refractivity (Wildman–Crippen MR) is 42.7 cm³/mol. The zero-order valence-corrected chi connectivity index (χ0v) is 7.75. The normalized spacial score (nSPS) is 11.4. The second kappa shape index (κ2) is 6.06. The minimum Gasteiger partial charge on any atom is -0.500 e. The lowest BCUT2D eigenvalue weighted by molar-refractivity contribution is -0.140. The molecule has 0 aromatic carbocycles. The largest absolute Gasteiger partial charge is 0.500 e. The van der Waals surface area contributed by atoms with E-state index in [4.69, 9.17) is 0 Å². The molecule has 6 heteroatoms. The molecule has 0 heterocycles. The molecule has 0 radical (unpaired) electrons. The minimum atomic E-state index is -3.25. The summed E-state index contributed by atoms with van der Waals surface area (Å²) in [6.07, 6.45) is -2.57. The van der Waals surface area contributed by atoms with Gasteiger partial charge in [-0.3, -0.25) is 4.79 Å². The van der Waals surface area contributed by atoms with Crippen LogP contribution in [-0.2, 0) is 19.1 Å². The van der Waals surface area contributed by atoms with Crippen molar-refractivity contribution < 1.29 is 27.8 Å². The van der Waals surface area contributed by atoms with Gasteiger partial charge in [0.1, 0.15) is 11.8 Å². The Balaban J connectivity index is 4.72. The Morgan fingerprint density at radius 1 is 1.43 bits per heavy atom. The summed E-state index contributed by atoms with van der Waals surface area (Å²) >= 11 is 0. The highest BCUT2D eigenvalue weighted by atomic mass is 19.3. The molecule has 0 aliphatic rings. The van der Waals surface area contributed by atoms with E-state index in [0.717, 1.165) is 7.11 Å². The Hall–Kier alpha value is -1.46. The SMILES string of the molecule is CCO/C=C(/C(=O)OC)C(=O)C(F)F. The first-order valence-electron chi connectivity index (χ1n) is 3.77. The van der Waals surface area contributed by atoms with E-state index >= 15 is 0 Å². The summed E-state index contributed by atoms with van der Waals surface area (Å²) in [7, 11) is 0.987. The monoisotopic (exact) mass is 208 g/mol. The molecule has 0 aromatic rings. The van der Waals surface area contributed by atoms with Crippen LogP contribution >= 0.6 is 0 Å². The number of ketones is 1. The molecule has 14 heavy (non-hydrogen) atoms. The number of Topliss-reactive ketones (excluding diaryl/α,β-unsaturated/α-hetero) is 1. The predicted octanol–water partition coefficient (Wildman–Crippen LogP) is 0.914. The van der Waals surface area contributed by atoms with Crippen LogP contribution in [0.3, 0.4) is 0 Å². The van der Waals surface area contributed by atoms with Crippen LogP contribution in [0.2, 0.25) is 0 Å². The maximum Gasteiger partial charge on any atom is 0.344 e. The van der Waals surface area contributed by atoms with Gasteiger partial charge in [-0.25, -0.2) is 13.6 Å². The van der Waals surface area contributed by atoms with E-state index in [0.29, 0.717) is 6.26 Å².